The fourth-order valence-electron chi connectivity index (χ4n) is 2.32. The Bertz CT molecular complexity index is 386. The van der Waals surface area contributed by atoms with Crippen LogP contribution in [0.25, 0.3) is 0 Å². The van der Waals surface area contributed by atoms with E-state index in [1.54, 1.807) is 0 Å². The summed E-state index contributed by atoms with van der Waals surface area (Å²) in [6.45, 7) is 1.09. The molecule has 0 bridgehead atoms. The molecule has 1 aromatic carbocycles. The number of urea groups is 1. The predicted molar refractivity (Wildman–Crippen MR) is 69.0 cm³/mol. The first-order valence-corrected chi connectivity index (χ1v) is 6.13. The van der Waals surface area contributed by atoms with Gasteiger partial charge in [0.15, 0.2) is 0 Å². The van der Waals surface area contributed by atoms with Crippen molar-refractivity contribution in [2.24, 2.45) is 5.73 Å². The SMILES string of the molecule is NC(=O)Nc1ccccc1CC1CCCCN1. The molecule has 1 aromatic rings. The minimum atomic E-state index is -0.506. The monoisotopic (exact) mass is 233 g/mol. The number of hydrogen-bond acceptors (Lipinski definition) is 2. The van der Waals surface area contributed by atoms with Crippen molar-refractivity contribution in [1.29, 1.82) is 0 Å². The molecule has 1 aliphatic rings. The quantitative estimate of drug-likeness (QED) is 0.746. The van der Waals surface area contributed by atoms with E-state index in [2.05, 4.69) is 10.6 Å². The first-order chi connectivity index (χ1) is 8.25. The maximum Gasteiger partial charge on any atom is 0.316 e. The van der Waals surface area contributed by atoms with E-state index in [0.29, 0.717) is 6.04 Å². The molecular weight excluding hydrogens is 214 g/mol. The van der Waals surface area contributed by atoms with Crippen LogP contribution in [0.15, 0.2) is 24.3 Å². The molecule has 0 saturated carbocycles. The van der Waals surface area contributed by atoms with Gasteiger partial charge in [0, 0.05) is 11.7 Å². The van der Waals surface area contributed by atoms with E-state index in [1.165, 1.54) is 19.3 Å². The Morgan fingerprint density at radius 2 is 2.24 bits per heavy atom. The van der Waals surface area contributed by atoms with Crippen LogP contribution in [-0.2, 0) is 6.42 Å². The number of anilines is 1. The van der Waals surface area contributed by atoms with Crippen molar-refractivity contribution in [2.45, 2.75) is 31.7 Å². The summed E-state index contributed by atoms with van der Waals surface area (Å²) >= 11 is 0. The average molecular weight is 233 g/mol. The molecule has 4 heteroatoms. The number of rotatable bonds is 3. The molecule has 1 heterocycles. The van der Waals surface area contributed by atoms with E-state index in [4.69, 9.17) is 5.73 Å². The van der Waals surface area contributed by atoms with Crippen LogP contribution in [0.3, 0.4) is 0 Å². The molecule has 1 atom stereocenters. The second-order valence-electron chi connectivity index (χ2n) is 4.50. The first-order valence-electron chi connectivity index (χ1n) is 6.13. The molecule has 2 amide bonds. The highest BCUT2D eigenvalue weighted by Crippen LogP contribution is 2.19. The lowest BCUT2D eigenvalue weighted by atomic mass is 9.97. The van der Waals surface area contributed by atoms with Crippen molar-refractivity contribution in [2.75, 3.05) is 11.9 Å². The van der Waals surface area contributed by atoms with E-state index in [1.807, 2.05) is 24.3 Å². The molecule has 1 saturated heterocycles. The van der Waals surface area contributed by atoms with Gasteiger partial charge in [0.1, 0.15) is 0 Å². The van der Waals surface area contributed by atoms with Crippen LogP contribution in [0.2, 0.25) is 0 Å². The first kappa shape index (κ1) is 11.9. The Labute approximate surface area is 102 Å². The Kier molecular flexibility index (Phi) is 3.98. The number of hydrogen-bond donors (Lipinski definition) is 3. The minimum absolute atomic E-state index is 0.506. The van der Waals surface area contributed by atoms with E-state index < -0.39 is 6.03 Å². The second kappa shape index (κ2) is 5.68. The molecule has 1 unspecified atom stereocenters. The van der Waals surface area contributed by atoms with Gasteiger partial charge in [0.25, 0.3) is 0 Å². The van der Waals surface area contributed by atoms with Gasteiger partial charge in [0.05, 0.1) is 0 Å². The number of carbonyl (C=O) groups excluding carboxylic acids is 1. The molecule has 0 spiro atoms. The summed E-state index contributed by atoms with van der Waals surface area (Å²) in [6.07, 6.45) is 4.68. The second-order valence-corrected chi connectivity index (χ2v) is 4.50. The Morgan fingerprint density at radius 3 is 2.94 bits per heavy atom. The number of primary amides is 1. The van der Waals surface area contributed by atoms with Gasteiger partial charge in [-0.2, -0.15) is 0 Å². The van der Waals surface area contributed by atoms with Crippen molar-refractivity contribution >= 4 is 11.7 Å². The van der Waals surface area contributed by atoms with Crippen molar-refractivity contribution in [3.8, 4) is 0 Å². The van der Waals surface area contributed by atoms with Crippen LogP contribution in [-0.4, -0.2) is 18.6 Å². The molecule has 0 radical (unpaired) electrons. The highest BCUT2D eigenvalue weighted by Gasteiger charge is 2.14. The number of nitrogens with one attached hydrogen (secondary N) is 2. The molecule has 0 aromatic heterocycles. The zero-order chi connectivity index (χ0) is 12.1. The zero-order valence-electron chi connectivity index (χ0n) is 9.91. The van der Waals surface area contributed by atoms with Crippen LogP contribution in [0.5, 0.6) is 0 Å². The van der Waals surface area contributed by atoms with Crippen molar-refractivity contribution in [3.63, 3.8) is 0 Å². The lowest BCUT2D eigenvalue weighted by molar-refractivity contribution is 0.259. The normalized spacial score (nSPS) is 19.9. The summed E-state index contributed by atoms with van der Waals surface area (Å²) in [5.41, 5.74) is 7.13. The average Bonchev–Trinajstić information content (AvgIpc) is 2.32. The van der Waals surface area contributed by atoms with Gasteiger partial charge >= 0.3 is 6.03 Å². The molecule has 0 aliphatic carbocycles. The van der Waals surface area contributed by atoms with Crippen LogP contribution >= 0.6 is 0 Å². The largest absolute Gasteiger partial charge is 0.351 e. The van der Waals surface area contributed by atoms with Gasteiger partial charge in [-0.3, -0.25) is 0 Å². The third kappa shape index (κ3) is 3.46. The molecule has 92 valence electrons. The summed E-state index contributed by atoms with van der Waals surface area (Å²) in [6, 6.07) is 7.84. The van der Waals surface area contributed by atoms with E-state index in [-0.39, 0.29) is 0 Å². The van der Waals surface area contributed by atoms with E-state index in [0.717, 1.165) is 24.2 Å². The van der Waals surface area contributed by atoms with Crippen LogP contribution in [0.4, 0.5) is 10.5 Å². The molecular formula is C13H19N3O. The highest BCUT2D eigenvalue weighted by molar-refractivity contribution is 5.88. The van der Waals surface area contributed by atoms with E-state index in [9.17, 15) is 4.79 Å². The number of para-hydroxylation sites is 1. The van der Waals surface area contributed by atoms with Crippen molar-refractivity contribution < 1.29 is 4.79 Å². The van der Waals surface area contributed by atoms with Gasteiger partial charge in [-0.05, 0) is 37.4 Å². The third-order valence-electron chi connectivity index (χ3n) is 3.15. The Balaban J connectivity index is 2.05. The number of amides is 2. The number of benzene rings is 1. The number of piperidine rings is 1. The Hall–Kier alpha value is -1.55. The Morgan fingerprint density at radius 1 is 1.41 bits per heavy atom. The summed E-state index contributed by atoms with van der Waals surface area (Å²) < 4.78 is 0. The van der Waals surface area contributed by atoms with Gasteiger partial charge in [-0.15, -0.1) is 0 Å². The molecule has 17 heavy (non-hydrogen) atoms. The topological polar surface area (TPSA) is 67.2 Å². The molecule has 1 aliphatic heterocycles. The third-order valence-corrected chi connectivity index (χ3v) is 3.15. The maximum absolute atomic E-state index is 10.9. The van der Waals surface area contributed by atoms with Crippen LogP contribution < -0.4 is 16.4 Å². The summed E-state index contributed by atoms with van der Waals surface area (Å²) in [5, 5.41) is 6.18. The van der Waals surface area contributed by atoms with Crippen molar-refractivity contribution in [3.05, 3.63) is 29.8 Å². The number of nitrogens with two attached hydrogens (primary N) is 1. The maximum atomic E-state index is 10.9. The van der Waals surface area contributed by atoms with Crippen molar-refractivity contribution in [1.82, 2.24) is 5.32 Å². The lowest BCUT2D eigenvalue weighted by Crippen LogP contribution is -2.35. The summed E-state index contributed by atoms with van der Waals surface area (Å²) in [4.78, 5) is 10.9. The van der Waals surface area contributed by atoms with Gasteiger partial charge in [-0.1, -0.05) is 24.6 Å². The zero-order valence-corrected chi connectivity index (χ0v) is 9.91. The fourth-order valence-corrected chi connectivity index (χ4v) is 2.32. The fraction of sp³-hybridized carbons (Fsp3) is 0.462. The number of carbonyl (C=O) groups is 1. The smallest absolute Gasteiger partial charge is 0.316 e. The van der Waals surface area contributed by atoms with Gasteiger partial charge < -0.3 is 16.4 Å². The highest BCUT2D eigenvalue weighted by atomic mass is 16.2. The van der Waals surface area contributed by atoms with Gasteiger partial charge in [-0.25, -0.2) is 4.79 Å². The minimum Gasteiger partial charge on any atom is -0.351 e. The predicted octanol–water partition coefficient (Wildman–Crippen LogP) is 1.86. The molecule has 4 nitrogen and oxygen atoms in total. The van der Waals surface area contributed by atoms with Crippen LogP contribution in [0, 0.1) is 0 Å². The molecule has 1 fully saturated rings. The molecule has 4 N–H and O–H groups in total. The lowest BCUT2D eigenvalue weighted by Gasteiger charge is -2.24. The van der Waals surface area contributed by atoms with Gasteiger partial charge in [0.2, 0.25) is 0 Å². The summed E-state index contributed by atoms with van der Waals surface area (Å²) in [5.74, 6) is 0. The molecule has 2 rings (SSSR count). The summed E-state index contributed by atoms with van der Waals surface area (Å²) in [7, 11) is 0. The van der Waals surface area contributed by atoms with E-state index >= 15 is 0 Å². The van der Waals surface area contributed by atoms with Crippen LogP contribution in [0.1, 0.15) is 24.8 Å². The standard InChI is InChI=1S/C13H19N3O/c14-13(17)16-12-7-2-1-5-10(12)9-11-6-3-4-8-15-11/h1-2,5,7,11,15H,3-4,6,8-9H2,(H3,14,16,17).